The summed E-state index contributed by atoms with van der Waals surface area (Å²) in [5.74, 6) is -0.894. The molecule has 0 spiro atoms. The molecular weight excluding hydrogens is 252 g/mol. The molecule has 0 amide bonds. The van der Waals surface area contributed by atoms with E-state index in [1.807, 2.05) is 0 Å². The van der Waals surface area contributed by atoms with E-state index >= 15 is 0 Å². The van der Waals surface area contributed by atoms with E-state index in [1.54, 1.807) is 16.9 Å². The maximum absolute atomic E-state index is 10.9. The van der Waals surface area contributed by atoms with Gasteiger partial charge in [-0.25, -0.2) is 4.79 Å². The van der Waals surface area contributed by atoms with Crippen molar-refractivity contribution < 1.29 is 9.90 Å². The van der Waals surface area contributed by atoms with Crippen LogP contribution in [0.3, 0.4) is 0 Å². The highest BCUT2D eigenvalue weighted by Crippen LogP contribution is 2.11. The molecule has 0 radical (unpaired) electrons. The van der Waals surface area contributed by atoms with Gasteiger partial charge >= 0.3 is 5.97 Å². The van der Waals surface area contributed by atoms with Crippen molar-refractivity contribution in [1.82, 2.24) is 9.78 Å². The number of unbranched alkanes of at least 4 members (excludes halogenated alkanes) is 9. The van der Waals surface area contributed by atoms with Gasteiger partial charge in [0, 0.05) is 12.7 Å². The van der Waals surface area contributed by atoms with Crippen LogP contribution in [0.25, 0.3) is 0 Å². The first-order chi connectivity index (χ1) is 9.75. The molecule has 0 saturated heterocycles. The van der Waals surface area contributed by atoms with Gasteiger partial charge in [0.1, 0.15) is 5.69 Å². The molecule has 20 heavy (non-hydrogen) atoms. The Labute approximate surface area is 122 Å². The monoisotopic (exact) mass is 280 g/mol. The molecule has 0 bridgehead atoms. The zero-order chi connectivity index (χ0) is 14.6. The van der Waals surface area contributed by atoms with Crippen molar-refractivity contribution in [2.45, 2.75) is 77.7 Å². The van der Waals surface area contributed by atoms with Crippen molar-refractivity contribution in [3.05, 3.63) is 18.0 Å². The summed E-state index contributed by atoms with van der Waals surface area (Å²) in [5, 5.41) is 13.0. The number of carboxylic acid groups (broad SMARTS) is 1. The minimum absolute atomic E-state index is 0.293. The average molecular weight is 280 g/mol. The maximum Gasteiger partial charge on any atom is 0.354 e. The molecule has 0 aromatic carbocycles. The third-order valence-electron chi connectivity index (χ3n) is 3.66. The van der Waals surface area contributed by atoms with Crippen molar-refractivity contribution in [3.8, 4) is 0 Å². The minimum atomic E-state index is -0.894. The summed E-state index contributed by atoms with van der Waals surface area (Å²) in [6.07, 6.45) is 14.4. The van der Waals surface area contributed by atoms with E-state index in [4.69, 9.17) is 5.11 Å². The maximum atomic E-state index is 10.9. The first-order valence-electron chi connectivity index (χ1n) is 8.00. The van der Waals surface area contributed by atoms with Crippen LogP contribution in [0.5, 0.6) is 0 Å². The molecule has 0 saturated carbocycles. The standard InChI is InChI=1S/C16H28N2O2/c1-2-3-4-5-6-7-8-9-10-11-14-18-15(16(19)20)12-13-17-18/h12-13H,2-11,14H2,1H3,(H,19,20). The Balaban J connectivity index is 1.97. The predicted octanol–water partition coefficient (Wildman–Crippen LogP) is 4.50. The Kier molecular flexibility index (Phi) is 8.76. The van der Waals surface area contributed by atoms with Crippen LogP contribution in [0.15, 0.2) is 12.3 Å². The number of carboxylic acids is 1. The molecule has 0 aliphatic rings. The number of hydrogen-bond donors (Lipinski definition) is 1. The molecule has 4 heteroatoms. The number of carbonyl (C=O) groups is 1. The highest BCUT2D eigenvalue weighted by molar-refractivity contribution is 5.85. The van der Waals surface area contributed by atoms with Crippen molar-refractivity contribution in [1.29, 1.82) is 0 Å². The van der Waals surface area contributed by atoms with E-state index in [0.29, 0.717) is 12.2 Å². The zero-order valence-corrected chi connectivity index (χ0v) is 12.7. The van der Waals surface area contributed by atoms with Crippen LogP contribution in [0.2, 0.25) is 0 Å². The van der Waals surface area contributed by atoms with Gasteiger partial charge in [-0.15, -0.1) is 0 Å². The third kappa shape index (κ3) is 6.73. The van der Waals surface area contributed by atoms with Crippen LogP contribution in [0, 0.1) is 0 Å². The van der Waals surface area contributed by atoms with Gasteiger partial charge < -0.3 is 5.11 Å². The van der Waals surface area contributed by atoms with Crippen LogP contribution >= 0.6 is 0 Å². The number of nitrogens with zero attached hydrogens (tertiary/aromatic N) is 2. The summed E-state index contributed by atoms with van der Waals surface area (Å²) in [4.78, 5) is 10.9. The highest BCUT2D eigenvalue weighted by Gasteiger charge is 2.08. The molecule has 1 aromatic heterocycles. The summed E-state index contributed by atoms with van der Waals surface area (Å²) >= 11 is 0. The smallest absolute Gasteiger partial charge is 0.354 e. The summed E-state index contributed by atoms with van der Waals surface area (Å²) in [7, 11) is 0. The van der Waals surface area contributed by atoms with Gasteiger partial charge in [0.25, 0.3) is 0 Å². The molecule has 1 heterocycles. The molecule has 0 aliphatic heterocycles. The van der Waals surface area contributed by atoms with Crippen LogP contribution in [-0.4, -0.2) is 20.9 Å². The Morgan fingerprint density at radius 2 is 1.60 bits per heavy atom. The quantitative estimate of drug-likeness (QED) is 0.573. The Bertz CT molecular complexity index is 374. The molecule has 1 rings (SSSR count). The van der Waals surface area contributed by atoms with Crippen molar-refractivity contribution in [3.63, 3.8) is 0 Å². The van der Waals surface area contributed by atoms with Gasteiger partial charge in [0.15, 0.2) is 0 Å². The van der Waals surface area contributed by atoms with Gasteiger partial charge in [-0.05, 0) is 12.5 Å². The molecular formula is C16H28N2O2. The second-order valence-electron chi connectivity index (χ2n) is 5.43. The van der Waals surface area contributed by atoms with Crippen LogP contribution in [0.1, 0.15) is 81.6 Å². The number of aryl methyl sites for hydroxylation is 1. The summed E-state index contributed by atoms with van der Waals surface area (Å²) in [5.41, 5.74) is 0.293. The van der Waals surface area contributed by atoms with E-state index in [-0.39, 0.29) is 0 Å². The van der Waals surface area contributed by atoms with Crippen molar-refractivity contribution >= 4 is 5.97 Å². The normalized spacial score (nSPS) is 10.8. The minimum Gasteiger partial charge on any atom is -0.477 e. The third-order valence-corrected chi connectivity index (χ3v) is 3.66. The Morgan fingerprint density at radius 1 is 1.05 bits per heavy atom. The summed E-state index contributed by atoms with van der Waals surface area (Å²) in [6.45, 7) is 2.96. The van der Waals surface area contributed by atoms with E-state index in [2.05, 4.69) is 12.0 Å². The van der Waals surface area contributed by atoms with Crippen molar-refractivity contribution in [2.75, 3.05) is 0 Å². The average Bonchev–Trinajstić information content (AvgIpc) is 2.89. The molecule has 0 atom stereocenters. The second-order valence-corrected chi connectivity index (χ2v) is 5.43. The number of aromatic nitrogens is 2. The van der Waals surface area contributed by atoms with Gasteiger partial charge in [0.2, 0.25) is 0 Å². The Hall–Kier alpha value is -1.32. The van der Waals surface area contributed by atoms with Gasteiger partial charge in [-0.1, -0.05) is 64.7 Å². The first-order valence-corrected chi connectivity index (χ1v) is 8.00. The zero-order valence-electron chi connectivity index (χ0n) is 12.7. The number of aromatic carboxylic acids is 1. The van der Waals surface area contributed by atoms with Gasteiger partial charge in [-0.3, -0.25) is 4.68 Å². The second kappa shape index (κ2) is 10.5. The molecule has 0 unspecified atom stereocenters. The van der Waals surface area contributed by atoms with Crippen molar-refractivity contribution in [2.24, 2.45) is 0 Å². The lowest BCUT2D eigenvalue weighted by Crippen LogP contribution is -2.09. The molecule has 1 N–H and O–H groups in total. The topological polar surface area (TPSA) is 55.1 Å². The molecule has 114 valence electrons. The lowest BCUT2D eigenvalue weighted by atomic mass is 10.1. The fourth-order valence-corrected chi connectivity index (χ4v) is 2.44. The van der Waals surface area contributed by atoms with E-state index in [0.717, 1.165) is 12.8 Å². The first kappa shape index (κ1) is 16.7. The SMILES string of the molecule is CCCCCCCCCCCCn1nccc1C(=O)O. The summed E-state index contributed by atoms with van der Waals surface area (Å²) in [6, 6.07) is 1.55. The Morgan fingerprint density at radius 3 is 2.15 bits per heavy atom. The van der Waals surface area contributed by atoms with Crippen LogP contribution in [-0.2, 0) is 6.54 Å². The number of hydrogen-bond acceptors (Lipinski definition) is 2. The fraction of sp³-hybridized carbons (Fsp3) is 0.750. The van der Waals surface area contributed by atoms with Gasteiger partial charge in [-0.2, -0.15) is 5.10 Å². The largest absolute Gasteiger partial charge is 0.477 e. The number of rotatable bonds is 12. The van der Waals surface area contributed by atoms with E-state index < -0.39 is 5.97 Å². The van der Waals surface area contributed by atoms with Gasteiger partial charge in [0.05, 0.1) is 0 Å². The van der Waals surface area contributed by atoms with Crippen LogP contribution in [0.4, 0.5) is 0 Å². The van der Waals surface area contributed by atoms with E-state index in [9.17, 15) is 4.79 Å². The lowest BCUT2D eigenvalue weighted by Gasteiger charge is -2.05. The fourth-order valence-electron chi connectivity index (χ4n) is 2.44. The lowest BCUT2D eigenvalue weighted by molar-refractivity contribution is 0.0683. The predicted molar refractivity (Wildman–Crippen MR) is 81.0 cm³/mol. The van der Waals surface area contributed by atoms with E-state index in [1.165, 1.54) is 51.4 Å². The summed E-state index contributed by atoms with van der Waals surface area (Å²) < 4.78 is 1.59. The molecule has 0 aliphatic carbocycles. The highest BCUT2D eigenvalue weighted by atomic mass is 16.4. The molecule has 4 nitrogen and oxygen atoms in total. The molecule has 0 fully saturated rings. The van der Waals surface area contributed by atoms with Crippen LogP contribution < -0.4 is 0 Å². The molecule has 1 aromatic rings.